The number of ether oxygens (including phenoxy) is 1. The van der Waals surface area contributed by atoms with Gasteiger partial charge in [-0.1, -0.05) is 31.9 Å². The first-order valence-corrected chi connectivity index (χ1v) is 14.2. The third kappa shape index (κ3) is 7.31. The van der Waals surface area contributed by atoms with Gasteiger partial charge in [0.1, 0.15) is 18.5 Å². The van der Waals surface area contributed by atoms with Crippen LogP contribution < -0.4 is 15.5 Å². The number of thiophene rings is 1. The van der Waals surface area contributed by atoms with Crippen molar-refractivity contribution in [1.29, 1.82) is 0 Å². The summed E-state index contributed by atoms with van der Waals surface area (Å²) in [5.41, 5.74) is 0.438. The fourth-order valence-electron chi connectivity index (χ4n) is 4.71. The number of anilines is 2. The number of carbonyl (C=O) groups excluding carboxylic acids is 3. The number of carbonyl (C=O) groups is 3. The molecule has 1 saturated heterocycles. The molecule has 8 nitrogen and oxygen atoms in total. The molecule has 38 heavy (non-hydrogen) atoms. The summed E-state index contributed by atoms with van der Waals surface area (Å²) in [6, 6.07) is 6.96. The van der Waals surface area contributed by atoms with Gasteiger partial charge >= 0.3 is 0 Å². The summed E-state index contributed by atoms with van der Waals surface area (Å²) in [5.74, 6) is -0.720. The number of benzene rings is 1. The van der Waals surface area contributed by atoms with Crippen LogP contribution in [-0.2, 0) is 14.3 Å². The Balaban J connectivity index is 1.51. The SMILES string of the molecule is CC(C)CN(CC1CCC1)[C@H](CNC(=O)c1ccc(Cl)s1)C(=O)Nc1ccc(N2CCOCC2=O)c(F)c1. The molecule has 1 aliphatic carbocycles. The van der Waals surface area contributed by atoms with Gasteiger partial charge in [-0.25, -0.2) is 4.39 Å². The molecule has 4 rings (SSSR count). The van der Waals surface area contributed by atoms with Gasteiger partial charge in [0.2, 0.25) is 5.91 Å². The number of rotatable bonds is 11. The van der Waals surface area contributed by atoms with Crippen molar-refractivity contribution in [3.8, 4) is 0 Å². The summed E-state index contributed by atoms with van der Waals surface area (Å²) in [4.78, 5) is 42.4. The van der Waals surface area contributed by atoms with Gasteiger partial charge in [-0.2, -0.15) is 0 Å². The van der Waals surface area contributed by atoms with Crippen molar-refractivity contribution in [2.45, 2.75) is 39.2 Å². The topological polar surface area (TPSA) is 91.0 Å². The highest BCUT2D eigenvalue weighted by Gasteiger charge is 2.31. The zero-order valence-corrected chi connectivity index (χ0v) is 23.2. The fourth-order valence-corrected chi connectivity index (χ4v) is 5.67. The molecule has 1 saturated carbocycles. The molecule has 2 N–H and O–H groups in total. The van der Waals surface area contributed by atoms with Crippen LogP contribution in [0.15, 0.2) is 30.3 Å². The molecule has 2 heterocycles. The van der Waals surface area contributed by atoms with Gasteiger partial charge < -0.3 is 20.3 Å². The van der Waals surface area contributed by atoms with Crippen molar-refractivity contribution in [1.82, 2.24) is 10.2 Å². The van der Waals surface area contributed by atoms with E-state index in [1.54, 1.807) is 18.2 Å². The fraction of sp³-hybridized carbons (Fsp3) is 0.519. The van der Waals surface area contributed by atoms with E-state index in [0.29, 0.717) is 34.2 Å². The molecule has 0 bridgehead atoms. The van der Waals surface area contributed by atoms with Gasteiger partial charge in [-0.05, 0) is 55.0 Å². The van der Waals surface area contributed by atoms with Crippen molar-refractivity contribution in [3.05, 3.63) is 45.4 Å². The molecule has 0 unspecified atom stereocenters. The van der Waals surface area contributed by atoms with Crippen LogP contribution in [0, 0.1) is 17.7 Å². The molecule has 2 fully saturated rings. The molecule has 1 atom stereocenters. The minimum absolute atomic E-state index is 0.0876. The lowest BCUT2D eigenvalue weighted by Gasteiger charge is -2.37. The van der Waals surface area contributed by atoms with E-state index in [1.807, 2.05) is 0 Å². The average Bonchev–Trinajstić information content (AvgIpc) is 3.28. The second-order valence-electron chi connectivity index (χ2n) is 10.2. The second kappa shape index (κ2) is 13.0. The lowest BCUT2D eigenvalue weighted by atomic mass is 9.84. The van der Waals surface area contributed by atoms with Crippen molar-refractivity contribution in [3.63, 3.8) is 0 Å². The zero-order valence-electron chi connectivity index (χ0n) is 21.7. The number of nitrogens with zero attached hydrogens (tertiary/aromatic N) is 2. The largest absolute Gasteiger partial charge is 0.370 e. The standard InChI is InChI=1S/C27H34ClFN4O4S/c1-17(2)14-32(15-18-4-3-5-18)22(13-30-27(36)23-8-9-24(28)38-23)26(35)31-19-6-7-21(20(29)12-19)33-10-11-37-16-25(33)34/h6-9,12,17-18,22H,3-5,10-11,13-16H2,1-2H3,(H,30,36)(H,31,35)/t22-/m1/s1. The molecular weight excluding hydrogens is 531 g/mol. The van der Waals surface area contributed by atoms with E-state index >= 15 is 0 Å². The third-order valence-corrected chi connectivity index (χ3v) is 8.04. The Morgan fingerprint density at radius 3 is 2.66 bits per heavy atom. The van der Waals surface area contributed by atoms with Crippen molar-refractivity contribution in [2.75, 3.05) is 49.6 Å². The van der Waals surface area contributed by atoms with Crippen molar-refractivity contribution >= 4 is 52.0 Å². The number of halogens is 2. The Bertz CT molecular complexity index is 1160. The highest BCUT2D eigenvalue weighted by molar-refractivity contribution is 7.18. The average molecular weight is 565 g/mol. The van der Waals surface area contributed by atoms with E-state index in [0.717, 1.165) is 19.4 Å². The van der Waals surface area contributed by atoms with E-state index in [-0.39, 0.29) is 48.8 Å². The van der Waals surface area contributed by atoms with Crippen LogP contribution in [0.3, 0.4) is 0 Å². The number of morpholine rings is 1. The molecule has 206 valence electrons. The Morgan fingerprint density at radius 2 is 2.05 bits per heavy atom. The second-order valence-corrected chi connectivity index (χ2v) is 11.9. The van der Waals surface area contributed by atoms with Gasteiger partial charge in [0.25, 0.3) is 11.8 Å². The van der Waals surface area contributed by atoms with Crippen LogP contribution in [-0.4, -0.2) is 68.1 Å². The Hall–Kier alpha value is -2.53. The monoisotopic (exact) mass is 564 g/mol. The summed E-state index contributed by atoms with van der Waals surface area (Å²) in [6.45, 7) is 6.24. The first-order chi connectivity index (χ1) is 18.2. The molecule has 1 aromatic heterocycles. The quantitative estimate of drug-likeness (QED) is 0.422. The molecule has 0 spiro atoms. The minimum Gasteiger partial charge on any atom is -0.370 e. The van der Waals surface area contributed by atoms with Crippen LogP contribution in [0.1, 0.15) is 42.8 Å². The van der Waals surface area contributed by atoms with E-state index in [1.165, 1.54) is 34.8 Å². The maximum atomic E-state index is 15.0. The summed E-state index contributed by atoms with van der Waals surface area (Å²) in [5, 5.41) is 5.73. The molecule has 1 aromatic carbocycles. The van der Waals surface area contributed by atoms with Crippen LogP contribution in [0.4, 0.5) is 15.8 Å². The molecule has 11 heteroatoms. The van der Waals surface area contributed by atoms with E-state index in [2.05, 4.69) is 29.4 Å². The number of hydrogen-bond donors (Lipinski definition) is 2. The molecular formula is C27H34ClFN4O4S. The Morgan fingerprint density at radius 1 is 1.26 bits per heavy atom. The normalized spacial score (nSPS) is 17.0. The van der Waals surface area contributed by atoms with Gasteiger partial charge in [0.15, 0.2) is 0 Å². The van der Waals surface area contributed by atoms with Crippen LogP contribution in [0.5, 0.6) is 0 Å². The molecule has 2 aromatic rings. The van der Waals surface area contributed by atoms with Crippen molar-refractivity contribution in [2.24, 2.45) is 11.8 Å². The predicted molar refractivity (Wildman–Crippen MR) is 147 cm³/mol. The van der Waals surface area contributed by atoms with Gasteiger partial charge in [-0.15, -0.1) is 11.3 Å². The molecule has 1 aliphatic heterocycles. The maximum Gasteiger partial charge on any atom is 0.261 e. The lowest BCUT2D eigenvalue weighted by molar-refractivity contribution is -0.125. The zero-order chi connectivity index (χ0) is 27.2. The highest BCUT2D eigenvalue weighted by Crippen LogP contribution is 2.29. The minimum atomic E-state index is -0.652. The number of nitrogens with one attached hydrogen (secondary N) is 2. The summed E-state index contributed by atoms with van der Waals surface area (Å²) in [6.07, 6.45) is 3.43. The number of amides is 3. The number of hydrogen-bond acceptors (Lipinski definition) is 6. The van der Waals surface area contributed by atoms with E-state index in [4.69, 9.17) is 16.3 Å². The Labute approximate surface area is 231 Å². The van der Waals surface area contributed by atoms with Gasteiger partial charge in [-0.3, -0.25) is 19.3 Å². The highest BCUT2D eigenvalue weighted by atomic mass is 35.5. The lowest BCUT2D eigenvalue weighted by Crippen LogP contribution is -2.53. The first-order valence-electron chi connectivity index (χ1n) is 13.0. The summed E-state index contributed by atoms with van der Waals surface area (Å²) in [7, 11) is 0. The van der Waals surface area contributed by atoms with Crippen molar-refractivity contribution < 1.29 is 23.5 Å². The third-order valence-electron chi connectivity index (χ3n) is 6.81. The molecule has 2 aliphatic rings. The smallest absolute Gasteiger partial charge is 0.261 e. The van der Waals surface area contributed by atoms with Gasteiger partial charge in [0, 0.05) is 31.9 Å². The van der Waals surface area contributed by atoms with Crippen LogP contribution in [0.25, 0.3) is 0 Å². The van der Waals surface area contributed by atoms with E-state index in [9.17, 15) is 18.8 Å². The summed E-state index contributed by atoms with van der Waals surface area (Å²) >= 11 is 7.16. The van der Waals surface area contributed by atoms with Crippen LogP contribution >= 0.6 is 22.9 Å². The predicted octanol–water partition coefficient (Wildman–Crippen LogP) is 4.40. The van der Waals surface area contributed by atoms with E-state index < -0.39 is 11.9 Å². The van der Waals surface area contributed by atoms with Gasteiger partial charge in [0.05, 0.1) is 21.5 Å². The summed E-state index contributed by atoms with van der Waals surface area (Å²) < 4.78 is 20.6. The first kappa shape index (κ1) is 28.5. The maximum absolute atomic E-state index is 15.0. The molecule has 3 amide bonds. The Kier molecular flexibility index (Phi) is 9.75. The molecule has 0 radical (unpaired) electrons. The van der Waals surface area contributed by atoms with Crippen LogP contribution in [0.2, 0.25) is 4.34 Å².